The molecule has 2 aliphatic rings. The molecular weight excluding hydrogens is 210 g/mol. The molecule has 100 valence electrons. The van der Waals surface area contributed by atoms with Gasteiger partial charge >= 0.3 is 0 Å². The second kappa shape index (κ2) is 6.19. The zero-order valence-corrected chi connectivity index (χ0v) is 11.5. The van der Waals surface area contributed by atoms with Crippen LogP contribution in [0.1, 0.15) is 58.3 Å². The molecule has 0 aromatic carbocycles. The third-order valence-corrected chi connectivity index (χ3v) is 5.01. The van der Waals surface area contributed by atoms with Gasteiger partial charge in [0.05, 0.1) is 0 Å². The van der Waals surface area contributed by atoms with E-state index >= 15 is 0 Å². The molecule has 0 spiro atoms. The van der Waals surface area contributed by atoms with Gasteiger partial charge in [-0.25, -0.2) is 0 Å². The lowest BCUT2D eigenvalue weighted by molar-refractivity contribution is 0.0667. The van der Waals surface area contributed by atoms with Crippen LogP contribution in [0.25, 0.3) is 0 Å². The Kier molecular flexibility index (Phi) is 4.87. The monoisotopic (exact) mass is 239 g/mol. The molecule has 1 aliphatic carbocycles. The topological polar surface area (TPSA) is 23.5 Å². The van der Waals surface area contributed by atoms with Gasteiger partial charge in [0.2, 0.25) is 0 Å². The number of hydrogen-bond donors (Lipinski definition) is 1. The van der Waals surface area contributed by atoms with E-state index in [1.807, 2.05) is 0 Å². The van der Waals surface area contributed by atoms with E-state index in [-0.39, 0.29) is 5.41 Å². The third kappa shape index (κ3) is 3.45. The van der Waals surface area contributed by atoms with Gasteiger partial charge in [-0.3, -0.25) is 0 Å². The second-order valence-electron chi connectivity index (χ2n) is 6.37. The van der Waals surface area contributed by atoms with Gasteiger partial charge in [-0.15, -0.1) is 0 Å². The van der Waals surface area contributed by atoms with Crippen LogP contribution in [0.2, 0.25) is 0 Å². The molecular formula is C15H29NO. The summed E-state index contributed by atoms with van der Waals surface area (Å²) in [5.41, 5.74) is 0.235. The Bertz CT molecular complexity index is 221. The van der Waals surface area contributed by atoms with Gasteiger partial charge in [0.1, 0.15) is 0 Å². The lowest BCUT2D eigenvalue weighted by Gasteiger charge is -2.35. The van der Waals surface area contributed by atoms with Crippen LogP contribution in [0, 0.1) is 11.3 Å². The number of rotatable bonds is 4. The average Bonchev–Trinajstić information content (AvgIpc) is 2.67. The lowest BCUT2D eigenvalue weighted by Crippen LogP contribution is -2.39. The van der Waals surface area contributed by atoms with Crippen molar-refractivity contribution in [1.29, 1.82) is 0 Å². The molecule has 1 unspecified atom stereocenters. The second-order valence-corrected chi connectivity index (χ2v) is 6.37. The molecule has 2 fully saturated rings. The molecule has 1 saturated carbocycles. The summed E-state index contributed by atoms with van der Waals surface area (Å²) in [6, 6.07) is 0. The average molecular weight is 239 g/mol. The van der Waals surface area contributed by atoms with E-state index in [0.29, 0.717) is 6.61 Å². The summed E-state index contributed by atoms with van der Waals surface area (Å²) in [5, 5.41) is 9.82. The van der Waals surface area contributed by atoms with Gasteiger partial charge in [0, 0.05) is 25.1 Å². The summed E-state index contributed by atoms with van der Waals surface area (Å²) in [4.78, 5) is 2.62. The largest absolute Gasteiger partial charge is 0.396 e. The van der Waals surface area contributed by atoms with Crippen LogP contribution in [0.5, 0.6) is 0 Å². The normalized spacial score (nSPS) is 30.4. The van der Waals surface area contributed by atoms with Crippen LogP contribution in [-0.2, 0) is 0 Å². The van der Waals surface area contributed by atoms with Crippen LogP contribution in [-0.4, -0.2) is 36.2 Å². The van der Waals surface area contributed by atoms with Crippen molar-refractivity contribution in [2.45, 2.75) is 58.3 Å². The minimum atomic E-state index is 0.235. The van der Waals surface area contributed by atoms with E-state index in [1.165, 1.54) is 64.5 Å². The van der Waals surface area contributed by atoms with E-state index < -0.39 is 0 Å². The highest BCUT2D eigenvalue weighted by Crippen LogP contribution is 2.36. The van der Waals surface area contributed by atoms with Crippen molar-refractivity contribution in [2.24, 2.45) is 11.3 Å². The smallest absolute Gasteiger partial charge is 0.0499 e. The highest BCUT2D eigenvalue weighted by molar-refractivity contribution is 4.87. The standard InChI is InChI=1S/C15H29NO/c1-2-14-7-10-16(11-14)12-15(13-17)8-5-3-4-6-9-15/h14,17H,2-13H2,1H3. The Labute approximate surface area is 106 Å². The number of likely N-dealkylation sites (tertiary alicyclic amines) is 1. The minimum Gasteiger partial charge on any atom is -0.396 e. The van der Waals surface area contributed by atoms with Crippen molar-refractivity contribution in [2.75, 3.05) is 26.2 Å². The molecule has 2 heteroatoms. The molecule has 1 N–H and O–H groups in total. The van der Waals surface area contributed by atoms with Crippen molar-refractivity contribution in [3.63, 3.8) is 0 Å². The van der Waals surface area contributed by atoms with E-state index in [9.17, 15) is 5.11 Å². The fraction of sp³-hybridized carbons (Fsp3) is 1.00. The summed E-state index contributed by atoms with van der Waals surface area (Å²) in [7, 11) is 0. The van der Waals surface area contributed by atoms with Crippen molar-refractivity contribution in [3.8, 4) is 0 Å². The lowest BCUT2D eigenvalue weighted by atomic mass is 9.80. The summed E-state index contributed by atoms with van der Waals surface area (Å²) in [6.45, 7) is 6.40. The van der Waals surface area contributed by atoms with Crippen LogP contribution >= 0.6 is 0 Å². The first kappa shape index (κ1) is 13.4. The maximum atomic E-state index is 9.82. The minimum absolute atomic E-state index is 0.235. The third-order valence-electron chi connectivity index (χ3n) is 5.01. The Morgan fingerprint density at radius 2 is 1.88 bits per heavy atom. The first-order chi connectivity index (χ1) is 8.28. The first-order valence-corrected chi connectivity index (χ1v) is 7.61. The van der Waals surface area contributed by atoms with Gasteiger partial charge in [0.15, 0.2) is 0 Å². The predicted octanol–water partition coefficient (Wildman–Crippen LogP) is 3.05. The zero-order chi connectivity index (χ0) is 12.1. The molecule has 0 aromatic rings. The van der Waals surface area contributed by atoms with Gasteiger partial charge in [-0.1, -0.05) is 39.0 Å². The summed E-state index contributed by atoms with van der Waals surface area (Å²) < 4.78 is 0. The van der Waals surface area contributed by atoms with Crippen molar-refractivity contribution >= 4 is 0 Å². The van der Waals surface area contributed by atoms with E-state index in [4.69, 9.17) is 0 Å². The van der Waals surface area contributed by atoms with Gasteiger partial charge in [-0.05, 0) is 31.7 Å². The van der Waals surface area contributed by atoms with Crippen LogP contribution in [0.3, 0.4) is 0 Å². The molecule has 1 atom stereocenters. The number of hydrogen-bond acceptors (Lipinski definition) is 2. The Hall–Kier alpha value is -0.0800. The molecule has 17 heavy (non-hydrogen) atoms. The van der Waals surface area contributed by atoms with Crippen LogP contribution < -0.4 is 0 Å². The summed E-state index contributed by atoms with van der Waals surface area (Å²) in [6.07, 6.45) is 10.6. The molecule has 0 bridgehead atoms. The summed E-state index contributed by atoms with van der Waals surface area (Å²) in [5.74, 6) is 0.913. The van der Waals surface area contributed by atoms with Gasteiger partial charge in [0.25, 0.3) is 0 Å². The van der Waals surface area contributed by atoms with Crippen molar-refractivity contribution in [1.82, 2.24) is 4.90 Å². The maximum absolute atomic E-state index is 9.82. The molecule has 1 aliphatic heterocycles. The summed E-state index contributed by atoms with van der Waals surface area (Å²) >= 11 is 0. The number of nitrogens with zero attached hydrogens (tertiary/aromatic N) is 1. The van der Waals surface area contributed by atoms with Gasteiger partial charge in [-0.2, -0.15) is 0 Å². The Morgan fingerprint density at radius 3 is 2.41 bits per heavy atom. The Balaban J connectivity index is 1.89. The number of aliphatic hydroxyl groups is 1. The van der Waals surface area contributed by atoms with E-state index in [0.717, 1.165) is 12.5 Å². The maximum Gasteiger partial charge on any atom is 0.0499 e. The van der Waals surface area contributed by atoms with E-state index in [1.54, 1.807) is 0 Å². The van der Waals surface area contributed by atoms with Crippen molar-refractivity contribution in [3.05, 3.63) is 0 Å². The molecule has 0 radical (unpaired) electrons. The van der Waals surface area contributed by atoms with Crippen LogP contribution in [0.4, 0.5) is 0 Å². The fourth-order valence-electron chi connectivity index (χ4n) is 3.71. The highest BCUT2D eigenvalue weighted by atomic mass is 16.3. The number of aliphatic hydroxyl groups excluding tert-OH is 1. The Morgan fingerprint density at radius 1 is 1.18 bits per heavy atom. The molecule has 0 aromatic heterocycles. The molecule has 1 heterocycles. The van der Waals surface area contributed by atoms with Gasteiger partial charge < -0.3 is 10.0 Å². The quantitative estimate of drug-likeness (QED) is 0.762. The zero-order valence-electron chi connectivity index (χ0n) is 11.5. The van der Waals surface area contributed by atoms with Crippen LogP contribution in [0.15, 0.2) is 0 Å². The fourth-order valence-corrected chi connectivity index (χ4v) is 3.71. The molecule has 2 nitrogen and oxygen atoms in total. The first-order valence-electron chi connectivity index (χ1n) is 7.61. The van der Waals surface area contributed by atoms with E-state index in [2.05, 4.69) is 11.8 Å². The molecule has 1 saturated heterocycles. The molecule has 0 amide bonds. The SMILES string of the molecule is CCC1CCN(CC2(CO)CCCCCC2)C1. The highest BCUT2D eigenvalue weighted by Gasteiger charge is 2.34. The predicted molar refractivity (Wildman–Crippen MR) is 72.1 cm³/mol. The van der Waals surface area contributed by atoms with Crippen molar-refractivity contribution < 1.29 is 5.11 Å². The molecule has 2 rings (SSSR count).